The van der Waals surface area contributed by atoms with Crippen LogP contribution in [0.1, 0.15) is 48.9 Å². The van der Waals surface area contributed by atoms with Gasteiger partial charge in [0.2, 0.25) is 0 Å². The molecule has 19 heavy (non-hydrogen) atoms. The Bertz CT molecular complexity index is 486. The normalized spacial score (nSPS) is 31.4. The summed E-state index contributed by atoms with van der Waals surface area (Å²) >= 11 is 0. The van der Waals surface area contributed by atoms with Crippen LogP contribution in [0.15, 0.2) is 12.1 Å². The van der Waals surface area contributed by atoms with Crippen molar-refractivity contribution in [2.24, 2.45) is 0 Å². The predicted octanol–water partition coefficient (Wildman–Crippen LogP) is 2.54. The topological polar surface area (TPSA) is 35.5 Å². The van der Waals surface area contributed by atoms with E-state index in [4.69, 9.17) is 0 Å². The highest BCUT2D eigenvalue weighted by molar-refractivity contribution is 5.51. The molecule has 0 radical (unpaired) electrons. The maximum Gasteiger partial charge on any atom is 0.120 e. The molecule has 104 valence electrons. The largest absolute Gasteiger partial charge is 0.508 e. The second-order valence-electron chi connectivity index (χ2n) is 6.23. The van der Waals surface area contributed by atoms with Crippen LogP contribution in [0.3, 0.4) is 0 Å². The Hall–Kier alpha value is -1.06. The van der Waals surface area contributed by atoms with E-state index in [9.17, 15) is 5.11 Å². The highest BCUT2D eigenvalue weighted by Gasteiger charge is 2.36. The lowest BCUT2D eigenvalue weighted by molar-refractivity contribution is 0.144. The lowest BCUT2D eigenvalue weighted by Gasteiger charge is -2.36. The number of nitrogens with one attached hydrogen (secondary N) is 1. The molecule has 0 saturated carbocycles. The summed E-state index contributed by atoms with van der Waals surface area (Å²) in [6.45, 7) is 9.89. The third-order valence-corrected chi connectivity index (χ3v) is 4.73. The Morgan fingerprint density at radius 3 is 2.79 bits per heavy atom. The number of rotatable bonds is 1. The molecule has 3 nitrogen and oxygen atoms in total. The number of phenols is 1. The van der Waals surface area contributed by atoms with E-state index < -0.39 is 0 Å². The third-order valence-electron chi connectivity index (χ3n) is 4.73. The maximum atomic E-state index is 10.3. The number of aromatic hydroxyl groups is 1. The maximum absolute atomic E-state index is 10.3. The lowest BCUT2D eigenvalue weighted by atomic mass is 9.97. The molecule has 1 fully saturated rings. The van der Waals surface area contributed by atoms with E-state index in [1.165, 1.54) is 16.7 Å². The molecule has 1 heterocycles. The summed E-state index contributed by atoms with van der Waals surface area (Å²) in [4.78, 5) is 2.54. The van der Waals surface area contributed by atoms with Crippen LogP contribution in [-0.2, 0) is 0 Å². The van der Waals surface area contributed by atoms with Gasteiger partial charge < -0.3 is 10.4 Å². The summed E-state index contributed by atoms with van der Waals surface area (Å²) in [6.07, 6.45) is 1.14. The van der Waals surface area contributed by atoms with E-state index in [-0.39, 0.29) is 0 Å². The van der Waals surface area contributed by atoms with Crippen LogP contribution >= 0.6 is 0 Å². The Morgan fingerprint density at radius 2 is 2.05 bits per heavy atom. The van der Waals surface area contributed by atoms with Gasteiger partial charge in [0, 0.05) is 37.3 Å². The summed E-state index contributed by atoms with van der Waals surface area (Å²) in [5.41, 5.74) is 3.91. The molecular weight excluding hydrogens is 236 g/mol. The van der Waals surface area contributed by atoms with Crippen molar-refractivity contribution in [1.29, 1.82) is 0 Å². The molecule has 0 spiro atoms. The molecule has 2 N–H and O–H groups in total. The molecule has 1 aromatic carbocycles. The standard InChI is InChI=1S/C16H24N2O/c1-10-4-5-14(19)16-13(8-11(2)15(10)16)18-7-6-17-12(3)9-18/h4-5,11-13,17,19H,6-9H2,1-3H3. The summed E-state index contributed by atoms with van der Waals surface area (Å²) in [6, 6.07) is 4.85. The molecule has 3 atom stereocenters. The van der Waals surface area contributed by atoms with E-state index in [2.05, 4.69) is 31.0 Å². The van der Waals surface area contributed by atoms with Crippen LogP contribution in [0.5, 0.6) is 5.75 Å². The van der Waals surface area contributed by atoms with Crippen molar-refractivity contribution in [2.75, 3.05) is 19.6 Å². The van der Waals surface area contributed by atoms with Gasteiger partial charge in [-0.1, -0.05) is 13.0 Å². The van der Waals surface area contributed by atoms with Gasteiger partial charge in [0.1, 0.15) is 5.75 Å². The van der Waals surface area contributed by atoms with Gasteiger partial charge in [0.15, 0.2) is 0 Å². The number of piperazine rings is 1. The highest BCUT2D eigenvalue weighted by atomic mass is 16.3. The predicted molar refractivity (Wildman–Crippen MR) is 77.7 cm³/mol. The molecule has 1 aromatic rings. The van der Waals surface area contributed by atoms with Gasteiger partial charge in [-0.05, 0) is 43.4 Å². The van der Waals surface area contributed by atoms with Crippen LogP contribution in [-0.4, -0.2) is 35.7 Å². The Kier molecular flexibility index (Phi) is 3.27. The van der Waals surface area contributed by atoms with E-state index in [0.29, 0.717) is 23.8 Å². The molecular formula is C16H24N2O. The minimum Gasteiger partial charge on any atom is -0.508 e. The molecule has 3 rings (SSSR count). The first-order valence-electron chi connectivity index (χ1n) is 7.37. The molecule has 0 amide bonds. The molecule has 0 bridgehead atoms. The highest BCUT2D eigenvalue weighted by Crippen LogP contribution is 2.48. The van der Waals surface area contributed by atoms with Gasteiger partial charge in [-0.3, -0.25) is 4.90 Å². The van der Waals surface area contributed by atoms with Gasteiger partial charge >= 0.3 is 0 Å². The number of hydrogen-bond donors (Lipinski definition) is 2. The van der Waals surface area contributed by atoms with E-state index in [1.807, 2.05) is 12.1 Å². The number of hydrogen-bond acceptors (Lipinski definition) is 3. The van der Waals surface area contributed by atoms with Gasteiger partial charge in [-0.2, -0.15) is 0 Å². The number of aryl methyl sites for hydroxylation is 1. The zero-order valence-corrected chi connectivity index (χ0v) is 12.1. The van der Waals surface area contributed by atoms with Crippen molar-refractivity contribution < 1.29 is 5.11 Å². The van der Waals surface area contributed by atoms with Crippen molar-refractivity contribution >= 4 is 0 Å². The fourth-order valence-corrected chi connectivity index (χ4v) is 3.89. The Morgan fingerprint density at radius 1 is 1.26 bits per heavy atom. The Labute approximate surface area is 115 Å². The fraction of sp³-hybridized carbons (Fsp3) is 0.625. The van der Waals surface area contributed by atoms with Gasteiger partial charge in [0.25, 0.3) is 0 Å². The minimum absolute atomic E-state index is 0.398. The zero-order chi connectivity index (χ0) is 13.6. The minimum atomic E-state index is 0.398. The molecule has 1 saturated heterocycles. The van der Waals surface area contributed by atoms with Crippen molar-refractivity contribution in [3.63, 3.8) is 0 Å². The smallest absolute Gasteiger partial charge is 0.120 e. The fourth-order valence-electron chi connectivity index (χ4n) is 3.89. The number of benzene rings is 1. The average molecular weight is 260 g/mol. The second kappa shape index (κ2) is 4.80. The summed E-state index contributed by atoms with van der Waals surface area (Å²) < 4.78 is 0. The van der Waals surface area contributed by atoms with Crippen LogP contribution in [0.4, 0.5) is 0 Å². The molecule has 3 unspecified atom stereocenters. The molecule has 2 aliphatic rings. The summed E-state index contributed by atoms with van der Waals surface area (Å²) in [5.74, 6) is 1.04. The van der Waals surface area contributed by atoms with Crippen LogP contribution in [0.25, 0.3) is 0 Å². The first-order chi connectivity index (χ1) is 9.08. The number of fused-ring (bicyclic) bond motifs is 1. The number of nitrogens with zero attached hydrogens (tertiary/aromatic N) is 1. The van der Waals surface area contributed by atoms with E-state index >= 15 is 0 Å². The number of phenolic OH excluding ortho intramolecular Hbond substituents is 1. The Balaban J connectivity index is 1.97. The van der Waals surface area contributed by atoms with Gasteiger partial charge in [-0.25, -0.2) is 0 Å². The monoisotopic (exact) mass is 260 g/mol. The van der Waals surface area contributed by atoms with Crippen molar-refractivity contribution in [3.05, 3.63) is 28.8 Å². The third kappa shape index (κ3) is 2.15. The lowest BCUT2D eigenvalue weighted by Crippen LogP contribution is -2.50. The molecule has 3 heteroatoms. The van der Waals surface area contributed by atoms with Gasteiger partial charge in [0.05, 0.1) is 0 Å². The first kappa shape index (κ1) is 12.9. The quantitative estimate of drug-likeness (QED) is 0.814. The van der Waals surface area contributed by atoms with Crippen LogP contribution in [0.2, 0.25) is 0 Å². The zero-order valence-electron chi connectivity index (χ0n) is 12.1. The van der Waals surface area contributed by atoms with E-state index in [0.717, 1.165) is 26.1 Å². The molecule has 0 aromatic heterocycles. The van der Waals surface area contributed by atoms with Gasteiger partial charge in [-0.15, -0.1) is 0 Å². The van der Waals surface area contributed by atoms with Crippen LogP contribution in [0, 0.1) is 6.92 Å². The summed E-state index contributed by atoms with van der Waals surface area (Å²) in [7, 11) is 0. The van der Waals surface area contributed by atoms with Crippen molar-refractivity contribution in [2.45, 2.75) is 45.2 Å². The first-order valence-corrected chi connectivity index (χ1v) is 7.37. The molecule has 1 aliphatic heterocycles. The van der Waals surface area contributed by atoms with Crippen molar-refractivity contribution in [1.82, 2.24) is 10.2 Å². The molecule has 1 aliphatic carbocycles. The van der Waals surface area contributed by atoms with E-state index in [1.54, 1.807) is 0 Å². The van der Waals surface area contributed by atoms with Crippen LogP contribution < -0.4 is 5.32 Å². The summed E-state index contributed by atoms with van der Waals surface area (Å²) in [5, 5.41) is 13.8. The average Bonchev–Trinajstić information content (AvgIpc) is 2.73. The van der Waals surface area contributed by atoms with Crippen molar-refractivity contribution in [3.8, 4) is 5.75 Å². The second-order valence-corrected chi connectivity index (χ2v) is 6.23. The SMILES string of the molecule is Cc1ccc(O)c2c1C(C)CC2N1CCNC(C)C1.